The highest BCUT2D eigenvalue weighted by atomic mass is 79.9. The number of carbonyl (C=O) groups is 1. The van der Waals surface area contributed by atoms with Crippen molar-refractivity contribution in [3.63, 3.8) is 0 Å². The molecule has 1 aliphatic carbocycles. The minimum atomic E-state index is -0.960. The smallest absolute Gasteiger partial charge is 0.404 e. The van der Waals surface area contributed by atoms with E-state index in [0.29, 0.717) is 18.2 Å². The number of carboxylic acid groups (broad SMARTS) is 1. The number of halogens is 2. The van der Waals surface area contributed by atoms with Crippen molar-refractivity contribution in [2.75, 3.05) is 0 Å². The predicted molar refractivity (Wildman–Crippen MR) is 78.1 cm³/mol. The average molecular weight is 345 g/mol. The maximum atomic E-state index is 13.7. The van der Waals surface area contributed by atoms with E-state index in [1.165, 1.54) is 6.07 Å². The van der Waals surface area contributed by atoms with E-state index < -0.39 is 6.09 Å². The first-order valence-electron chi connectivity index (χ1n) is 6.71. The van der Waals surface area contributed by atoms with Crippen LogP contribution >= 0.6 is 15.9 Å². The molecule has 6 heteroatoms. The minimum Gasteiger partial charge on any atom is -0.465 e. The molecule has 0 unspecified atom stereocenters. The second-order valence-electron chi connectivity index (χ2n) is 5.11. The Kier molecular flexibility index (Phi) is 5.37. The number of rotatable bonds is 4. The van der Waals surface area contributed by atoms with E-state index >= 15 is 0 Å². The Labute approximate surface area is 125 Å². The van der Waals surface area contributed by atoms with Crippen LogP contribution in [0, 0.1) is 5.82 Å². The van der Waals surface area contributed by atoms with Crippen molar-refractivity contribution < 1.29 is 14.3 Å². The average Bonchev–Trinajstić information content (AvgIpc) is 2.39. The van der Waals surface area contributed by atoms with Crippen LogP contribution in [0.3, 0.4) is 0 Å². The lowest BCUT2D eigenvalue weighted by Crippen LogP contribution is -2.41. The van der Waals surface area contributed by atoms with E-state index in [0.717, 1.165) is 30.2 Å². The van der Waals surface area contributed by atoms with E-state index in [2.05, 4.69) is 26.6 Å². The molecule has 1 saturated carbocycles. The van der Waals surface area contributed by atoms with Crippen LogP contribution in [0.5, 0.6) is 0 Å². The number of benzene rings is 1. The zero-order valence-corrected chi connectivity index (χ0v) is 12.6. The van der Waals surface area contributed by atoms with Gasteiger partial charge in [0, 0.05) is 28.7 Å². The summed E-state index contributed by atoms with van der Waals surface area (Å²) in [5.41, 5.74) is 0.652. The van der Waals surface area contributed by atoms with Gasteiger partial charge < -0.3 is 15.7 Å². The SMILES string of the molecule is O=C(O)N[C@H]1CC[C@H](NCc2ccc(Br)cc2F)CC1. The van der Waals surface area contributed by atoms with Gasteiger partial charge in [0.15, 0.2) is 0 Å². The summed E-state index contributed by atoms with van der Waals surface area (Å²) in [7, 11) is 0. The molecule has 110 valence electrons. The summed E-state index contributed by atoms with van der Waals surface area (Å²) in [5, 5.41) is 14.5. The predicted octanol–water partition coefficient (Wildman–Crippen LogP) is 3.26. The van der Waals surface area contributed by atoms with E-state index in [4.69, 9.17) is 5.11 Å². The summed E-state index contributed by atoms with van der Waals surface area (Å²) < 4.78 is 14.4. The van der Waals surface area contributed by atoms with Gasteiger partial charge in [-0.2, -0.15) is 0 Å². The molecule has 1 aromatic rings. The lowest BCUT2D eigenvalue weighted by molar-refractivity contribution is 0.183. The Balaban J connectivity index is 1.77. The Morgan fingerprint density at radius 1 is 1.30 bits per heavy atom. The molecule has 4 nitrogen and oxygen atoms in total. The van der Waals surface area contributed by atoms with Gasteiger partial charge in [0.1, 0.15) is 5.82 Å². The lowest BCUT2D eigenvalue weighted by atomic mass is 9.91. The first-order valence-corrected chi connectivity index (χ1v) is 7.50. The molecular formula is C14H18BrFN2O2. The third-order valence-electron chi connectivity index (χ3n) is 3.65. The number of nitrogens with one attached hydrogen (secondary N) is 2. The Bertz CT molecular complexity index is 476. The molecule has 3 N–H and O–H groups in total. The lowest BCUT2D eigenvalue weighted by Gasteiger charge is -2.29. The highest BCUT2D eigenvalue weighted by Gasteiger charge is 2.22. The molecule has 0 aromatic heterocycles. The molecule has 0 aliphatic heterocycles. The monoisotopic (exact) mass is 344 g/mol. The van der Waals surface area contributed by atoms with Crippen molar-refractivity contribution in [3.05, 3.63) is 34.1 Å². The Hall–Kier alpha value is -1.14. The summed E-state index contributed by atoms with van der Waals surface area (Å²) in [4.78, 5) is 10.6. The molecule has 0 spiro atoms. The molecule has 20 heavy (non-hydrogen) atoms. The normalized spacial score (nSPS) is 22.5. The van der Waals surface area contributed by atoms with Gasteiger partial charge in [-0.15, -0.1) is 0 Å². The summed E-state index contributed by atoms with van der Waals surface area (Å²) in [6.07, 6.45) is 2.50. The first kappa shape index (κ1) is 15.3. The standard InChI is InChI=1S/C14H18BrFN2O2/c15-10-2-1-9(13(16)7-10)8-17-11-3-5-12(6-4-11)18-14(19)20/h1-2,7,11-12,17-18H,3-6,8H2,(H,19,20)/t11-,12-. The van der Waals surface area contributed by atoms with Crippen LogP contribution in [0.2, 0.25) is 0 Å². The molecule has 2 rings (SSSR count). The van der Waals surface area contributed by atoms with Crippen LogP contribution in [-0.2, 0) is 6.54 Å². The fourth-order valence-corrected chi connectivity index (χ4v) is 2.87. The van der Waals surface area contributed by atoms with Crippen LogP contribution in [0.4, 0.5) is 9.18 Å². The zero-order chi connectivity index (χ0) is 14.5. The summed E-state index contributed by atoms with van der Waals surface area (Å²) >= 11 is 3.23. The van der Waals surface area contributed by atoms with Crippen LogP contribution in [0.25, 0.3) is 0 Å². The number of amides is 1. The molecule has 1 aliphatic rings. The van der Waals surface area contributed by atoms with Gasteiger partial charge >= 0.3 is 6.09 Å². The number of hydrogen-bond acceptors (Lipinski definition) is 2. The van der Waals surface area contributed by atoms with Gasteiger partial charge in [0.2, 0.25) is 0 Å². The zero-order valence-electron chi connectivity index (χ0n) is 11.0. The molecule has 1 aromatic carbocycles. The van der Waals surface area contributed by atoms with Gasteiger partial charge in [-0.25, -0.2) is 9.18 Å². The van der Waals surface area contributed by atoms with Crippen molar-refractivity contribution in [1.29, 1.82) is 0 Å². The quantitative estimate of drug-likeness (QED) is 0.785. The maximum absolute atomic E-state index is 13.7. The van der Waals surface area contributed by atoms with Crippen LogP contribution in [0.15, 0.2) is 22.7 Å². The van der Waals surface area contributed by atoms with Crippen LogP contribution in [0.1, 0.15) is 31.2 Å². The molecule has 0 radical (unpaired) electrons. The van der Waals surface area contributed by atoms with E-state index in [1.807, 2.05) is 6.07 Å². The second-order valence-corrected chi connectivity index (χ2v) is 6.03. The third-order valence-corrected chi connectivity index (χ3v) is 4.14. The van der Waals surface area contributed by atoms with E-state index in [1.54, 1.807) is 6.07 Å². The van der Waals surface area contributed by atoms with E-state index in [-0.39, 0.29) is 11.9 Å². The van der Waals surface area contributed by atoms with Gasteiger partial charge in [-0.1, -0.05) is 22.0 Å². The largest absolute Gasteiger partial charge is 0.465 e. The van der Waals surface area contributed by atoms with Crippen molar-refractivity contribution >= 4 is 22.0 Å². The minimum absolute atomic E-state index is 0.0509. The van der Waals surface area contributed by atoms with Gasteiger partial charge in [0.05, 0.1) is 0 Å². The molecule has 0 saturated heterocycles. The van der Waals surface area contributed by atoms with Crippen LogP contribution < -0.4 is 10.6 Å². The van der Waals surface area contributed by atoms with Crippen LogP contribution in [-0.4, -0.2) is 23.3 Å². The van der Waals surface area contributed by atoms with Crippen molar-refractivity contribution in [3.8, 4) is 0 Å². The highest BCUT2D eigenvalue weighted by molar-refractivity contribution is 9.10. The molecule has 0 bridgehead atoms. The number of hydrogen-bond donors (Lipinski definition) is 3. The highest BCUT2D eigenvalue weighted by Crippen LogP contribution is 2.20. The van der Waals surface area contributed by atoms with Gasteiger partial charge in [0.25, 0.3) is 0 Å². The van der Waals surface area contributed by atoms with Gasteiger partial charge in [-0.05, 0) is 37.8 Å². The Morgan fingerprint density at radius 2 is 1.95 bits per heavy atom. The summed E-state index contributed by atoms with van der Waals surface area (Å²) in [6.45, 7) is 0.501. The second kappa shape index (κ2) is 7.04. The fourth-order valence-electron chi connectivity index (χ4n) is 2.54. The molecule has 0 atom stereocenters. The maximum Gasteiger partial charge on any atom is 0.404 e. The molecule has 1 amide bonds. The third kappa shape index (κ3) is 4.45. The van der Waals surface area contributed by atoms with Crippen molar-refractivity contribution in [2.45, 2.75) is 44.3 Å². The summed E-state index contributed by atoms with van der Waals surface area (Å²) in [5.74, 6) is -0.215. The molecule has 1 fully saturated rings. The molecule has 0 heterocycles. The molecular weight excluding hydrogens is 327 g/mol. The van der Waals surface area contributed by atoms with Crippen molar-refractivity contribution in [2.24, 2.45) is 0 Å². The first-order chi connectivity index (χ1) is 9.54. The topological polar surface area (TPSA) is 61.4 Å². The Morgan fingerprint density at radius 3 is 2.55 bits per heavy atom. The van der Waals surface area contributed by atoms with E-state index in [9.17, 15) is 9.18 Å². The summed E-state index contributed by atoms with van der Waals surface area (Å²) in [6, 6.07) is 5.43. The fraction of sp³-hybridized carbons (Fsp3) is 0.500. The van der Waals surface area contributed by atoms with Gasteiger partial charge in [-0.3, -0.25) is 0 Å². The van der Waals surface area contributed by atoms with Crippen molar-refractivity contribution in [1.82, 2.24) is 10.6 Å².